The minimum absolute atomic E-state index is 0.220. The van der Waals surface area contributed by atoms with Gasteiger partial charge in [-0.15, -0.1) is 0 Å². The van der Waals surface area contributed by atoms with Gasteiger partial charge in [-0.05, 0) is 35.2 Å². The van der Waals surface area contributed by atoms with E-state index in [0.29, 0.717) is 12.0 Å². The molecule has 3 aromatic rings. The molecule has 0 unspecified atom stereocenters. The summed E-state index contributed by atoms with van der Waals surface area (Å²) in [5.41, 5.74) is 5.84. The van der Waals surface area contributed by atoms with E-state index in [0.717, 1.165) is 40.3 Å². The fourth-order valence-corrected chi connectivity index (χ4v) is 3.48. The van der Waals surface area contributed by atoms with E-state index >= 15 is 0 Å². The molecule has 0 fully saturated rings. The first kappa shape index (κ1) is 13.9. The van der Waals surface area contributed by atoms with Crippen LogP contribution in [-0.4, -0.2) is 12.1 Å². The third-order valence-electron chi connectivity index (χ3n) is 4.61. The van der Waals surface area contributed by atoms with Crippen molar-refractivity contribution in [3.63, 3.8) is 0 Å². The number of aldehydes is 1. The minimum atomic E-state index is 0.220. The lowest BCUT2D eigenvalue weighted by molar-refractivity contribution is 0.0994. The Morgan fingerprint density at radius 3 is 2.43 bits per heavy atom. The summed E-state index contributed by atoms with van der Waals surface area (Å²) in [7, 11) is 0. The Morgan fingerprint density at radius 2 is 1.70 bits per heavy atom. The first-order chi connectivity index (χ1) is 11.2. The minimum Gasteiger partial charge on any atom is -0.298 e. The average Bonchev–Trinajstić information content (AvgIpc) is 2.94. The van der Waals surface area contributed by atoms with Gasteiger partial charge in [-0.1, -0.05) is 54.1 Å². The van der Waals surface area contributed by atoms with Crippen molar-refractivity contribution in [2.24, 2.45) is 0 Å². The number of Topliss-reactive ketones (excluding diaryl/α,β-unsaturated/α-hetero) is 1. The summed E-state index contributed by atoms with van der Waals surface area (Å²) in [5.74, 6) is 0.220. The van der Waals surface area contributed by atoms with E-state index in [2.05, 4.69) is 31.2 Å². The molecule has 1 aliphatic rings. The number of ketones is 1. The van der Waals surface area contributed by atoms with Crippen LogP contribution in [0, 0.1) is 6.92 Å². The van der Waals surface area contributed by atoms with Crippen LogP contribution in [0.25, 0.3) is 21.9 Å². The fraction of sp³-hybridized carbons (Fsp3) is 0.143. The van der Waals surface area contributed by atoms with E-state index in [9.17, 15) is 9.59 Å². The van der Waals surface area contributed by atoms with Crippen molar-refractivity contribution in [1.29, 1.82) is 0 Å². The lowest BCUT2D eigenvalue weighted by Crippen LogP contribution is -1.98. The normalized spacial score (nSPS) is 13.3. The highest BCUT2D eigenvalue weighted by molar-refractivity contribution is 6.13. The van der Waals surface area contributed by atoms with Crippen molar-refractivity contribution in [3.05, 3.63) is 70.8 Å². The Kier molecular flexibility index (Phi) is 3.12. The molecule has 1 aliphatic carbocycles. The second-order valence-corrected chi connectivity index (χ2v) is 6.17. The molecule has 0 radical (unpaired) electrons. The van der Waals surface area contributed by atoms with Gasteiger partial charge >= 0.3 is 0 Å². The fourth-order valence-electron chi connectivity index (χ4n) is 3.48. The standard InChI is InChI=1S/C21H16O2/c1-13-2-5-16-11-17-8-9-19(23)21(17)20(18(16)10-13)15-6-3-14(12-22)4-7-15/h2-7,10-12H,8-9H2,1H3. The van der Waals surface area contributed by atoms with Crippen LogP contribution in [0.5, 0.6) is 0 Å². The maximum absolute atomic E-state index is 12.5. The topological polar surface area (TPSA) is 34.1 Å². The molecule has 112 valence electrons. The Labute approximate surface area is 134 Å². The van der Waals surface area contributed by atoms with Gasteiger partial charge in [0.15, 0.2) is 5.78 Å². The number of fused-ring (bicyclic) bond motifs is 2. The summed E-state index contributed by atoms with van der Waals surface area (Å²) in [6, 6.07) is 16.0. The van der Waals surface area contributed by atoms with Crippen LogP contribution in [0.3, 0.4) is 0 Å². The van der Waals surface area contributed by atoms with Gasteiger partial charge in [0.25, 0.3) is 0 Å². The van der Waals surface area contributed by atoms with Gasteiger partial charge < -0.3 is 0 Å². The van der Waals surface area contributed by atoms with Crippen LogP contribution in [0.4, 0.5) is 0 Å². The molecule has 0 saturated heterocycles. The van der Waals surface area contributed by atoms with Crippen LogP contribution >= 0.6 is 0 Å². The number of carbonyl (C=O) groups is 2. The number of rotatable bonds is 2. The lowest BCUT2D eigenvalue weighted by atomic mass is 9.89. The highest BCUT2D eigenvalue weighted by Crippen LogP contribution is 2.39. The van der Waals surface area contributed by atoms with Gasteiger partial charge in [0.1, 0.15) is 6.29 Å². The maximum atomic E-state index is 12.5. The second kappa shape index (κ2) is 5.17. The first-order valence-electron chi connectivity index (χ1n) is 7.82. The first-order valence-corrected chi connectivity index (χ1v) is 7.82. The molecule has 2 nitrogen and oxygen atoms in total. The SMILES string of the molecule is Cc1ccc2cc3c(c(-c4ccc(C=O)cc4)c2c1)C(=O)CC3. The maximum Gasteiger partial charge on any atom is 0.164 e. The largest absolute Gasteiger partial charge is 0.298 e. The quantitative estimate of drug-likeness (QED) is 0.640. The summed E-state index contributed by atoms with van der Waals surface area (Å²) in [5, 5.41) is 2.27. The van der Waals surface area contributed by atoms with E-state index in [-0.39, 0.29) is 5.78 Å². The number of hydrogen-bond acceptors (Lipinski definition) is 2. The molecule has 0 heterocycles. The van der Waals surface area contributed by atoms with Gasteiger partial charge in [-0.2, -0.15) is 0 Å². The smallest absolute Gasteiger partial charge is 0.164 e. The van der Waals surface area contributed by atoms with Crippen molar-refractivity contribution >= 4 is 22.8 Å². The van der Waals surface area contributed by atoms with Crippen molar-refractivity contribution in [3.8, 4) is 11.1 Å². The lowest BCUT2D eigenvalue weighted by Gasteiger charge is -2.13. The Bertz CT molecular complexity index is 950. The van der Waals surface area contributed by atoms with Crippen LogP contribution in [-0.2, 0) is 6.42 Å². The Hall–Kier alpha value is -2.74. The number of benzene rings is 3. The molecule has 2 heteroatoms. The highest BCUT2D eigenvalue weighted by Gasteiger charge is 2.25. The van der Waals surface area contributed by atoms with Crippen LogP contribution in [0.15, 0.2) is 48.5 Å². The summed E-state index contributed by atoms with van der Waals surface area (Å²) < 4.78 is 0. The predicted octanol–water partition coefficient (Wildman–Crippen LogP) is 4.76. The third-order valence-corrected chi connectivity index (χ3v) is 4.61. The summed E-state index contributed by atoms with van der Waals surface area (Å²) >= 11 is 0. The van der Waals surface area contributed by atoms with Gasteiger partial charge in [-0.3, -0.25) is 9.59 Å². The second-order valence-electron chi connectivity index (χ2n) is 6.17. The zero-order valence-electron chi connectivity index (χ0n) is 12.9. The summed E-state index contributed by atoms with van der Waals surface area (Å²) in [6.45, 7) is 2.06. The third kappa shape index (κ3) is 2.18. The molecule has 0 aliphatic heterocycles. The molecular formula is C21H16O2. The van der Waals surface area contributed by atoms with Gasteiger partial charge in [0.2, 0.25) is 0 Å². The van der Waals surface area contributed by atoms with E-state index in [1.165, 1.54) is 10.9 Å². The number of aryl methyl sites for hydroxylation is 2. The molecule has 0 spiro atoms. The van der Waals surface area contributed by atoms with E-state index < -0.39 is 0 Å². The van der Waals surface area contributed by atoms with Crippen molar-refractivity contribution in [1.82, 2.24) is 0 Å². The van der Waals surface area contributed by atoms with Crippen molar-refractivity contribution in [2.75, 3.05) is 0 Å². The summed E-state index contributed by atoms with van der Waals surface area (Å²) in [4.78, 5) is 23.4. The zero-order chi connectivity index (χ0) is 16.0. The van der Waals surface area contributed by atoms with Crippen LogP contribution in [0.1, 0.15) is 38.3 Å². The van der Waals surface area contributed by atoms with Gasteiger partial charge in [0.05, 0.1) is 0 Å². The zero-order valence-corrected chi connectivity index (χ0v) is 12.9. The van der Waals surface area contributed by atoms with E-state index in [1.54, 1.807) is 0 Å². The number of carbonyl (C=O) groups excluding carboxylic acids is 2. The Balaban J connectivity index is 2.09. The molecule has 0 saturated carbocycles. The van der Waals surface area contributed by atoms with Gasteiger partial charge in [0, 0.05) is 23.1 Å². The van der Waals surface area contributed by atoms with Crippen molar-refractivity contribution < 1.29 is 9.59 Å². The summed E-state index contributed by atoms with van der Waals surface area (Å²) in [6.07, 6.45) is 2.24. The molecule has 4 rings (SSSR count). The molecule has 0 aromatic heterocycles. The van der Waals surface area contributed by atoms with Crippen LogP contribution < -0.4 is 0 Å². The van der Waals surface area contributed by atoms with E-state index in [4.69, 9.17) is 0 Å². The molecule has 0 bridgehead atoms. The average molecular weight is 300 g/mol. The van der Waals surface area contributed by atoms with Gasteiger partial charge in [-0.25, -0.2) is 0 Å². The van der Waals surface area contributed by atoms with Crippen LogP contribution in [0.2, 0.25) is 0 Å². The predicted molar refractivity (Wildman–Crippen MR) is 92.2 cm³/mol. The van der Waals surface area contributed by atoms with Crippen molar-refractivity contribution in [2.45, 2.75) is 19.8 Å². The highest BCUT2D eigenvalue weighted by atomic mass is 16.1. The molecule has 0 N–H and O–H groups in total. The number of hydrogen-bond donors (Lipinski definition) is 0. The monoisotopic (exact) mass is 300 g/mol. The van der Waals surface area contributed by atoms with E-state index in [1.807, 2.05) is 24.3 Å². The molecule has 23 heavy (non-hydrogen) atoms. The molecule has 3 aromatic carbocycles. The molecular weight excluding hydrogens is 284 g/mol. The molecule has 0 atom stereocenters. The Morgan fingerprint density at radius 1 is 0.913 bits per heavy atom. The molecule has 0 amide bonds.